The van der Waals surface area contributed by atoms with E-state index in [4.69, 9.17) is 9.94 Å². The number of benzene rings is 1. The van der Waals surface area contributed by atoms with E-state index < -0.39 is 10.0 Å². The first-order valence-corrected chi connectivity index (χ1v) is 6.93. The average Bonchev–Trinajstić information content (AvgIpc) is 2.36. The van der Waals surface area contributed by atoms with Crippen LogP contribution in [-0.2, 0) is 14.8 Å². The van der Waals surface area contributed by atoms with Crippen LogP contribution in [0.25, 0.3) is 0 Å². The molecule has 0 unspecified atom stereocenters. The van der Waals surface area contributed by atoms with E-state index in [0.29, 0.717) is 17.0 Å². The summed E-state index contributed by atoms with van der Waals surface area (Å²) in [5, 5.41) is 11.8. The predicted octanol–water partition coefficient (Wildman–Crippen LogP) is 1.27. The lowest BCUT2D eigenvalue weighted by molar-refractivity contribution is 0.217. The van der Waals surface area contributed by atoms with E-state index in [1.807, 2.05) is 0 Å². The molecule has 0 aliphatic carbocycles. The van der Waals surface area contributed by atoms with Crippen LogP contribution in [0.15, 0.2) is 29.4 Å². The highest BCUT2D eigenvalue weighted by atomic mass is 32.2. The summed E-state index contributed by atoms with van der Waals surface area (Å²) in [6, 6.07) is 6.71. The fraction of sp³-hybridized carbons (Fsp3) is 0.364. The maximum atomic E-state index is 11.7. The van der Waals surface area contributed by atoms with E-state index in [-0.39, 0.29) is 12.4 Å². The van der Waals surface area contributed by atoms with Crippen LogP contribution < -0.4 is 4.72 Å². The first kappa shape index (κ1) is 14.5. The highest BCUT2D eigenvalue weighted by Crippen LogP contribution is 2.17. The zero-order chi connectivity index (χ0) is 13.6. The largest absolute Gasteiger partial charge is 0.411 e. The van der Waals surface area contributed by atoms with Crippen molar-refractivity contribution in [3.05, 3.63) is 29.8 Å². The molecule has 2 N–H and O–H groups in total. The number of para-hydroxylation sites is 1. The molecule has 1 rings (SSSR count). The van der Waals surface area contributed by atoms with Gasteiger partial charge in [-0.25, -0.2) is 8.42 Å². The number of nitrogens with zero attached hydrogens (tertiary/aromatic N) is 1. The summed E-state index contributed by atoms with van der Waals surface area (Å²) in [6.07, 6.45) is 0. The minimum absolute atomic E-state index is 0.116. The minimum Gasteiger partial charge on any atom is -0.411 e. The number of anilines is 1. The van der Waals surface area contributed by atoms with Crippen molar-refractivity contribution >= 4 is 21.4 Å². The molecule has 0 amide bonds. The minimum atomic E-state index is -3.47. The number of hydrogen-bond acceptors (Lipinski definition) is 5. The fourth-order valence-electron chi connectivity index (χ4n) is 1.35. The second kappa shape index (κ2) is 6.36. The molecule has 18 heavy (non-hydrogen) atoms. The van der Waals surface area contributed by atoms with Crippen LogP contribution in [0.2, 0.25) is 0 Å². The monoisotopic (exact) mass is 272 g/mol. The van der Waals surface area contributed by atoms with Crippen LogP contribution in [0, 0.1) is 0 Å². The van der Waals surface area contributed by atoms with Gasteiger partial charge < -0.3 is 9.94 Å². The van der Waals surface area contributed by atoms with Gasteiger partial charge in [0.05, 0.1) is 23.8 Å². The van der Waals surface area contributed by atoms with E-state index >= 15 is 0 Å². The second-order valence-corrected chi connectivity index (χ2v) is 5.49. The van der Waals surface area contributed by atoms with Crippen molar-refractivity contribution < 1.29 is 18.4 Å². The number of sulfonamides is 1. The SMILES string of the molecule is COCCS(=O)(=O)Nc1ccccc1C(C)=NO. The molecule has 7 heteroatoms. The molecule has 0 atom stereocenters. The van der Waals surface area contributed by atoms with Gasteiger partial charge in [-0.15, -0.1) is 0 Å². The predicted molar refractivity (Wildman–Crippen MR) is 69.7 cm³/mol. The van der Waals surface area contributed by atoms with E-state index in [1.165, 1.54) is 7.11 Å². The number of methoxy groups -OCH3 is 1. The van der Waals surface area contributed by atoms with Crippen molar-refractivity contribution in [1.29, 1.82) is 0 Å². The van der Waals surface area contributed by atoms with E-state index in [9.17, 15) is 8.42 Å². The van der Waals surface area contributed by atoms with Crippen LogP contribution in [-0.4, -0.2) is 38.8 Å². The zero-order valence-electron chi connectivity index (χ0n) is 10.3. The Balaban J connectivity index is 2.98. The molecule has 0 spiro atoms. The van der Waals surface area contributed by atoms with Crippen molar-refractivity contribution in [2.45, 2.75) is 6.92 Å². The van der Waals surface area contributed by atoms with Gasteiger partial charge in [0.15, 0.2) is 0 Å². The lowest BCUT2D eigenvalue weighted by Crippen LogP contribution is -2.21. The van der Waals surface area contributed by atoms with Gasteiger partial charge >= 0.3 is 0 Å². The molecular weight excluding hydrogens is 256 g/mol. The summed E-state index contributed by atoms with van der Waals surface area (Å²) in [5.41, 5.74) is 1.24. The van der Waals surface area contributed by atoms with Gasteiger partial charge in [-0.3, -0.25) is 4.72 Å². The first-order chi connectivity index (χ1) is 8.50. The maximum Gasteiger partial charge on any atom is 0.235 e. The zero-order valence-corrected chi connectivity index (χ0v) is 11.1. The fourth-order valence-corrected chi connectivity index (χ4v) is 2.35. The lowest BCUT2D eigenvalue weighted by atomic mass is 10.1. The standard InChI is InChI=1S/C11H16N2O4S/c1-9(12-14)10-5-3-4-6-11(10)13-18(15,16)8-7-17-2/h3-6,13-14H,7-8H2,1-2H3. The van der Waals surface area contributed by atoms with Crippen molar-refractivity contribution in [3.63, 3.8) is 0 Å². The van der Waals surface area contributed by atoms with Crippen LogP contribution in [0.4, 0.5) is 5.69 Å². The van der Waals surface area contributed by atoms with Crippen molar-refractivity contribution in [1.82, 2.24) is 0 Å². The van der Waals surface area contributed by atoms with Crippen molar-refractivity contribution in [2.75, 3.05) is 24.2 Å². The van der Waals surface area contributed by atoms with Crippen molar-refractivity contribution in [2.24, 2.45) is 5.16 Å². The normalized spacial score (nSPS) is 12.4. The quantitative estimate of drug-likeness (QED) is 0.464. The summed E-state index contributed by atoms with van der Waals surface area (Å²) in [4.78, 5) is 0. The number of hydrogen-bond donors (Lipinski definition) is 2. The molecule has 0 saturated carbocycles. The number of nitrogens with one attached hydrogen (secondary N) is 1. The molecule has 0 aliphatic rings. The van der Waals surface area contributed by atoms with Crippen LogP contribution in [0.5, 0.6) is 0 Å². The Morgan fingerprint density at radius 2 is 2.11 bits per heavy atom. The third-order valence-electron chi connectivity index (χ3n) is 2.29. The highest BCUT2D eigenvalue weighted by molar-refractivity contribution is 7.92. The molecule has 0 saturated heterocycles. The Morgan fingerprint density at radius 1 is 1.44 bits per heavy atom. The molecule has 0 aliphatic heterocycles. The molecule has 0 aromatic heterocycles. The van der Waals surface area contributed by atoms with Gasteiger partial charge in [0.25, 0.3) is 0 Å². The molecule has 6 nitrogen and oxygen atoms in total. The maximum absolute atomic E-state index is 11.7. The summed E-state index contributed by atoms with van der Waals surface area (Å²) >= 11 is 0. The van der Waals surface area contributed by atoms with Crippen LogP contribution in [0.1, 0.15) is 12.5 Å². The summed E-state index contributed by atoms with van der Waals surface area (Å²) in [6.45, 7) is 1.70. The summed E-state index contributed by atoms with van der Waals surface area (Å²) < 4.78 is 30.6. The van der Waals surface area contributed by atoms with E-state index in [2.05, 4.69) is 9.88 Å². The Kier molecular flexibility index (Phi) is 5.11. The Hall–Kier alpha value is -1.60. The first-order valence-electron chi connectivity index (χ1n) is 5.27. The van der Waals surface area contributed by atoms with Gasteiger partial charge in [-0.2, -0.15) is 0 Å². The van der Waals surface area contributed by atoms with E-state index in [1.54, 1.807) is 31.2 Å². The second-order valence-electron chi connectivity index (χ2n) is 3.64. The molecule has 0 heterocycles. The molecule has 1 aromatic carbocycles. The van der Waals surface area contributed by atoms with E-state index in [0.717, 1.165) is 0 Å². The Labute approximate surface area is 106 Å². The van der Waals surface area contributed by atoms with Crippen molar-refractivity contribution in [3.8, 4) is 0 Å². The van der Waals surface area contributed by atoms with Crippen LogP contribution in [0.3, 0.4) is 0 Å². The van der Waals surface area contributed by atoms with Gasteiger partial charge in [0, 0.05) is 12.7 Å². The summed E-state index contributed by atoms with van der Waals surface area (Å²) in [7, 11) is -2.04. The van der Waals surface area contributed by atoms with Gasteiger partial charge in [-0.1, -0.05) is 23.4 Å². The highest BCUT2D eigenvalue weighted by Gasteiger charge is 2.13. The molecule has 0 radical (unpaired) electrons. The molecule has 0 bridgehead atoms. The molecule has 100 valence electrons. The van der Waals surface area contributed by atoms with Gasteiger partial charge in [0.2, 0.25) is 10.0 Å². The number of rotatable bonds is 6. The molecular formula is C11H16N2O4S. The third kappa shape index (κ3) is 4.01. The molecule has 0 fully saturated rings. The van der Waals surface area contributed by atoms with Crippen LogP contribution >= 0.6 is 0 Å². The summed E-state index contributed by atoms with van der Waals surface area (Å²) in [5.74, 6) is -0.132. The molecule has 1 aromatic rings. The van der Waals surface area contributed by atoms with Gasteiger partial charge in [0.1, 0.15) is 0 Å². The number of ether oxygens (including phenoxy) is 1. The average molecular weight is 272 g/mol. The Bertz CT molecular complexity index is 526. The topological polar surface area (TPSA) is 88.0 Å². The lowest BCUT2D eigenvalue weighted by Gasteiger charge is -2.11. The number of oxime groups is 1. The smallest absolute Gasteiger partial charge is 0.235 e. The third-order valence-corrected chi connectivity index (χ3v) is 3.52. The Morgan fingerprint density at radius 3 is 2.72 bits per heavy atom. The van der Waals surface area contributed by atoms with Gasteiger partial charge in [-0.05, 0) is 13.0 Å².